The first-order valence-electron chi connectivity index (χ1n) is 8.57. The second-order valence-corrected chi connectivity index (χ2v) is 6.60. The molecule has 6 nitrogen and oxygen atoms in total. The summed E-state index contributed by atoms with van der Waals surface area (Å²) in [5, 5.41) is 2.69. The van der Waals surface area contributed by atoms with E-state index in [1.807, 2.05) is 38.1 Å². The molecule has 1 amide bonds. The van der Waals surface area contributed by atoms with Gasteiger partial charge in [0.25, 0.3) is 5.91 Å². The van der Waals surface area contributed by atoms with Crippen LogP contribution in [0.1, 0.15) is 33.4 Å². The minimum Gasteiger partial charge on any atom is -0.355 e. The molecule has 1 aliphatic rings. The highest BCUT2D eigenvalue weighted by Gasteiger charge is 2.27. The molecule has 1 saturated heterocycles. The Bertz CT molecular complexity index is 756. The van der Waals surface area contributed by atoms with Crippen LogP contribution in [-0.2, 0) is 0 Å². The van der Waals surface area contributed by atoms with Gasteiger partial charge in [0.1, 0.15) is 0 Å². The van der Waals surface area contributed by atoms with Gasteiger partial charge in [-0.1, -0.05) is 12.1 Å². The van der Waals surface area contributed by atoms with Crippen LogP contribution >= 0.6 is 0 Å². The van der Waals surface area contributed by atoms with Crippen LogP contribution < -0.4 is 10.2 Å². The Morgan fingerprint density at radius 2 is 1.88 bits per heavy atom. The van der Waals surface area contributed by atoms with E-state index >= 15 is 0 Å². The molecule has 0 bridgehead atoms. The summed E-state index contributed by atoms with van der Waals surface area (Å²) < 4.78 is 0. The molecule has 0 saturated carbocycles. The lowest BCUT2D eigenvalue weighted by Crippen LogP contribution is -2.47. The molecular weight excluding hydrogens is 314 g/mol. The number of benzene rings is 1. The maximum atomic E-state index is 11.9. The van der Waals surface area contributed by atoms with Crippen molar-refractivity contribution in [2.24, 2.45) is 0 Å². The van der Waals surface area contributed by atoms with Crippen molar-refractivity contribution >= 4 is 11.9 Å². The summed E-state index contributed by atoms with van der Waals surface area (Å²) in [6, 6.07) is 10.0. The van der Waals surface area contributed by atoms with Crippen LogP contribution in [0.15, 0.2) is 30.3 Å². The first kappa shape index (κ1) is 17.4. The minimum absolute atomic E-state index is 0.0604. The summed E-state index contributed by atoms with van der Waals surface area (Å²) in [7, 11) is 3.78. The summed E-state index contributed by atoms with van der Waals surface area (Å²) in [6.07, 6.45) is 0. The van der Waals surface area contributed by atoms with Gasteiger partial charge in [-0.2, -0.15) is 0 Å². The van der Waals surface area contributed by atoms with E-state index in [0.29, 0.717) is 5.56 Å². The van der Waals surface area contributed by atoms with E-state index in [4.69, 9.17) is 0 Å². The smallest absolute Gasteiger partial charge is 0.251 e. The first-order chi connectivity index (χ1) is 12.0. The number of nitrogens with zero attached hydrogens (tertiary/aromatic N) is 4. The number of carbonyl (C=O) groups excluding carboxylic acids is 1. The van der Waals surface area contributed by atoms with Gasteiger partial charge in [-0.15, -0.1) is 0 Å². The quantitative estimate of drug-likeness (QED) is 0.926. The molecule has 0 aliphatic carbocycles. The summed E-state index contributed by atoms with van der Waals surface area (Å²) in [4.78, 5) is 25.7. The van der Waals surface area contributed by atoms with Gasteiger partial charge < -0.3 is 10.2 Å². The third-order valence-corrected chi connectivity index (χ3v) is 4.66. The summed E-state index contributed by atoms with van der Waals surface area (Å²) in [5.41, 5.74) is 3.80. The van der Waals surface area contributed by atoms with E-state index in [1.165, 1.54) is 0 Å². The summed E-state index contributed by atoms with van der Waals surface area (Å²) in [5.74, 6) is 0.730. The van der Waals surface area contributed by atoms with Crippen molar-refractivity contribution in [2.75, 3.05) is 38.6 Å². The minimum atomic E-state index is -0.0604. The molecule has 1 aromatic heterocycles. The fourth-order valence-electron chi connectivity index (χ4n) is 3.30. The van der Waals surface area contributed by atoms with E-state index in [9.17, 15) is 4.79 Å². The van der Waals surface area contributed by atoms with Gasteiger partial charge in [-0.25, -0.2) is 9.97 Å². The van der Waals surface area contributed by atoms with E-state index in [1.54, 1.807) is 7.05 Å². The molecule has 25 heavy (non-hydrogen) atoms. The lowest BCUT2D eigenvalue weighted by Gasteiger charge is -2.40. The van der Waals surface area contributed by atoms with Crippen molar-refractivity contribution in [2.45, 2.75) is 19.9 Å². The van der Waals surface area contributed by atoms with Gasteiger partial charge in [-0.3, -0.25) is 9.69 Å². The maximum Gasteiger partial charge on any atom is 0.251 e. The average Bonchev–Trinajstić information content (AvgIpc) is 2.60. The molecule has 0 unspecified atom stereocenters. The molecule has 1 fully saturated rings. The molecule has 1 atom stereocenters. The Balaban J connectivity index is 1.87. The Kier molecular flexibility index (Phi) is 4.99. The molecule has 1 aromatic carbocycles. The molecule has 132 valence electrons. The molecule has 6 heteroatoms. The highest BCUT2D eigenvalue weighted by Crippen LogP contribution is 2.26. The van der Waals surface area contributed by atoms with Crippen molar-refractivity contribution in [1.29, 1.82) is 0 Å². The van der Waals surface area contributed by atoms with Crippen molar-refractivity contribution in [3.63, 3.8) is 0 Å². The second-order valence-electron chi connectivity index (χ2n) is 6.60. The van der Waals surface area contributed by atoms with E-state index < -0.39 is 0 Å². The Morgan fingerprint density at radius 1 is 1.16 bits per heavy atom. The van der Waals surface area contributed by atoms with Crippen LogP contribution in [0.4, 0.5) is 5.95 Å². The first-order valence-corrected chi connectivity index (χ1v) is 8.57. The number of hydrogen-bond acceptors (Lipinski definition) is 5. The average molecular weight is 339 g/mol. The van der Waals surface area contributed by atoms with Gasteiger partial charge in [0.05, 0.1) is 6.04 Å². The van der Waals surface area contributed by atoms with Crippen LogP contribution in [-0.4, -0.2) is 54.5 Å². The fraction of sp³-hybridized carbons (Fsp3) is 0.421. The van der Waals surface area contributed by atoms with Crippen molar-refractivity contribution in [3.05, 3.63) is 52.8 Å². The SMILES string of the molecule is CNC(=O)c1cccc([C@H]2CN(c3nc(C)cc(C)n3)CCN2C)c1. The fourth-order valence-corrected chi connectivity index (χ4v) is 3.30. The zero-order valence-electron chi connectivity index (χ0n) is 15.3. The number of piperazine rings is 1. The van der Waals surface area contributed by atoms with Crippen molar-refractivity contribution in [3.8, 4) is 0 Å². The Labute approximate surface area is 148 Å². The normalized spacial score (nSPS) is 18.2. The number of hydrogen-bond donors (Lipinski definition) is 1. The standard InChI is InChI=1S/C19H25N5O/c1-13-10-14(2)22-19(21-13)24-9-8-23(4)17(12-24)15-6-5-7-16(11-15)18(25)20-3/h5-7,10-11,17H,8-9,12H2,1-4H3,(H,20,25)/t17-/m1/s1. The Hall–Kier alpha value is -2.47. The van der Waals surface area contributed by atoms with Crippen LogP contribution in [0.5, 0.6) is 0 Å². The molecule has 1 N–H and O–H groups in total. The highest BCUT2D eigenvalue weighted by molar-refractivity contribution is 5.94. The molecule has 2 aromatic rings. The molecule has 1 aliphatic heterocycles. The van der Waals surface area contributed by atoms with Crippen molar-refractivity contribution < 1.29 is 4.79 Å². The Morgan fingerprint density at radius 3 is 2.56 bits per heavy atom. The number of aryl methyl sites for hydroxylation is 2. The maximum absolute atomic E-state index is 11.9. The predicted octanol–water partition coefficient (Wildman–Crippen LogP) is 1.95. The zero-order chi connectivity index (χ0) is 18.0. The van der Waals surface area contributed by atoms with Gasteiger partial charge in [0.15, 0.2) is 0 Å². The van der Waals surface area contributed by atoms with E-state index in [-0.39, 0.29) is 11.9 Å². The predicted molar refractivity (Wildman–Crippen MR) is 98.9 cm³/mol. The lowest BCUT2D eigenvalue weighted by atomic mass is 10.0. The number of amides is 1. The largest absolute Gasteiger partial charge is 0.355 e. The van der Waals surface area contributed by atoms with E-state index in [2.05, 4.69) is 38.2 Å². The van der Waals surface area contributed by atoms with Crippen molar-refractivity contribution in [1.82, 2.24) is 20.2 Å². The summed E-state index contributed by atoms with van der Waals surface area (Å²) >= 11 is 0. The molecule has 2 heterocycles. The zero-order valence-corrected chi connectivity index (χ0v) is 15.3. The van der Waals surface area contributed by atoms with Gasteiger partial charge >= 0.3 is 0 Å². The number of rotatable bonds is 3. The number of nitrogens with one attached hydrogen (secondary N) is 1. The molecule has 0 spiro atoms. The van der Waals surface area contributed by atoms with Crippen LogP contribution in [0, 0.1) is 13.8 Å². The monoisotopic (exact) mass is 339 g/mol. The second kappa shape index (κ2) is 7.19. The third-order valence-electron chi connectivity index (χ3n) is 4.66. The number of aromatic nitrogens is 2. The molecule has 3 rings (SSSR count). The lowest BCUT2D eigenvalue weighted by molar-refractivity contribution is 0.0962. The number of carbonyl (C=O) groups is 1. The van der Waals surface area contributed by atoms with Crippen LogP contribution in [0.3, 0.4) is 0 Å². The van der Waals surface area contributed by atoms with E-state index in [0.717, 1.165) is 42.5 Å². The molecular formula is C19H25N5O. The number of anilines is 1. The van der Waals surface area contributed by atoms with Crippen LogP contribution in [0.25, 0.3) is 0 Å². The van der Waals surface area contributed by atoms with Gasteiger partial charge in [0, 0.05) is 43.6 Å². The molecule has 0 radical (unpaired) electrons. The topological polar surface area (TPSA) is 61.4 Å². The third kappa shape index (κ3) is 3.79. The number of likely N-dealkylation sites (N-methyl/N-ethyl adjacent to an activating group) is 1. The highest BCUT2D eigenvalue weighted by atomic mass is 16.1. The van der Waals surface area contributed by atoms with Crippen LogP contribution in [0.2, 0.25) is 0 Å². The van der Waals surface area contributed by atoms with Gasteiger partial charge in [0.2, 0.25) is 5.95 Å². The van der Waals surface area contributed by atoms with Gasteiger partial charge in [-0.05, 0) is 44.7 Å². The summed E-state index contributed by atoms with van der Waals surface area (Å²) in [6.45, 7) is 6.62.